The third-order valence-corrected chi connectivity index (χ3v) is 15.4. The number of para-hydroxylation sites is 3. The first kappa shape index (κ1) is 34.3. The highest BCUT2D eigenvalue weighted by Gasteiger charge is 2.42. The maximum absolute atomic E-state index is 7.12. The Balaban J connectivity index is 1.13. The Morgan fingerprint density at radius 1 is 0.397 bits per heavy atom. The van der Waals surface area contributed by atoms with E-state index in [0.29, 0.717) is 17.2 Å². The molecule has 274 valence electrons. The minimum atomic E-state index is -2.99. The Hall–Kier alpha value is -6.98. The summed E-state index contributed by atoms with van der Waals surface area (Å²) >= 11 is 7.12. The molecule has 1 aliphatic heterocycles. The molecule has 1 unspecified atom stereocenters. The third-order valence-electron chi connectivity index (χ3n) is 11.0. The van der Waals surface area contributed by atoms with Crippen LogP contribution < -0.4 is 15.5 Å². The normalized spacial score (nSPS) is 14.7. The molecule has 0 bridgehead atoms. The van der Waals surface area contributed by atoms with Gasteiger partial charge in [-0.15, -0.1) is 0 Å². The average molecular weight is 780 g/mol. The molecule has 1 atom stereocenters. The van der Waals surface area contributed by atoms with Crippen molar-refractivity contribution in [2.24, 2.45) is 0 Å². The highest BCUT2D eigenvalue weighted by atomic mass is 32.4. The summed E-state index contributed by atoms with van der Waals surface area (Å²) in [6.07, 6.45) is -2.99. The van der Waals surface area contributed by atoms with Gasteiger partial charge < -0.3 is 9.24 Å². The lowest BCUT2D eigenvalue weighted by molar-refractivity contribution is 1.10. The number of fused-ring (bicyclic) bond motifs is 6. The maximum atomic E-state index is 7.12. The van der Waals surface area contributed by atoms with Crippen molar-refractivity contribution in [3.05, 3.63) is 206 Å². The van der Waals surface area contributed by atoms with E-state index in [2.05, 4.69) is 149 Å². The SMILES string of the molecule is S=P1(c2nc(-c3ccccc3)nc(-c3ccccc3)n2)c2ccccc2-c2cc(-c3ccc4c(c3)c3ccccc3n4-c3ccccc3)ccc2N1c1ccccc1. The standard InChI is InChI=1S/C51H34N5PS/c58-57(51-53-49(35-17-5-1-6-18-35)52-50(54-51)36-19-7-2-8-20-36)48-28-16-14-26-42(48)44-34-38(30-32-47(44)56(57)40-23-11-4-12-24-40)37-29-31-46-43(33-37)41-25-13-15-27-45(41)55(46)39-21-9-3-10-22-39/h1-34H. The number of anilines is 2. The van der Waals surface area contributed by atoms with Gasteiger partial charge in [0, 0.05) is 44.1 Å². The zero-order chi connectivity index (χ0) is 38.6. The number of aromatic nitrogens is 4. The summed E-state index contributed by atoms with van der Waals surface area (Å²) in [5, 5.41) is 3.49. The zero-order valence-corrected chi connectivity index (χ0v) is 32.9. The topological polar surface area (TPSA) is 46.8 Å². The van der Waals surface area contributed by atoms with Crippen LogP contribution in [0, 0.1) is 0 Å². The molecule has 0 aliphatic carbocycles. The van der Waals surface area contributed by atoms with Crippen LogP contribution in [-0.4, -0.2) is 19.5 Å². The van der Waals surface area contributed by atoms with Crippen LogP contribution in [0.2, 0.25) is 0 Å². The van der Waals surface area contributed by atoms with Gasteiger partial charge in [0.25, 0.3) is 0 Å². The first-order valence-corrected chi connectivity index (χ1v) is 22.1. The number of nitrogens with zero attached hydrogens (tertiary/aromatic N) is 5. The molecule has 5 nitrogen and oxygen atoms in total. The molecule has 0 amide bonds. The number of benzene rings is 8. The second kappa shape index (κ2) is 13.9. The second-order valence-electron chi connectivity index (χ2n) is 14.4. The summed E-state index contributed by atoms with van der Waals surface area (Å²) in [6.45, 7) is 0. The molecule has 0 spiro atoms. The smallest absolute Gasteiger partial charge is 0.189 e. The summed E-state index contributed by atoms with van der Waals surface area (Å²) in [5.41, 5.74) is 12.5. The van der Waals surface area contributed by atoms with Crippen molar-refractivity contribution < 1.29 is 0 Å². The second-order valence-corrected chi connectivity index (χ2v) is 18.4. The van der Waals surface area contributed by atoms with Gasteiger partial charge in [-0.05, 0) is 71.3 Å². The number of hydrogen-bond donors (Lipinski definition) is 0. The first-order valence-electron chi connectivity index (χ1n) is 19.3. The maximum Gasteiger partial charge on any atom is 0.189 e. The Labute approximate surface area is 341 Å². The van der Waals surface area contributed by atoms with Gasteiger partial charge in [-0.1, -0.05) is 163 Å². The van der Waals surface area contributed by atoms with E-state index < -0.39 is 6.19 Å². The van der Waals surface area contributed by atoms with Crippen molar-refractivity contribution in [2.45, 2.75) is 0 Å². The predicted molar refractivity (Wildman–Crippen MR) is 244 cm³/mol. The van der Waals surface area contributed by atoms with E-state index in [1.165, 1.54) is 21.8 Å². The van der Waals surface area contributed by atoms with Crippen LogP contribution in [0.1, 0.15) is 0 Å². The Bertz CT molecular complexity index is 3150. The van der Waals surface area contributed by atoms with Crippen LogP contribution >= 0.6 is 6.19 Å². The zero-order valence-electron chi connectivity index (χ0n) is 31.2. The number of rotatable bonds is 6. The molecule has 1 aliphatic rings. The summed E-state index contributed by atoms with van der Waals surface area (Å²) in [7, 11) is 0. The monoisotopic (exact) mass is 779 g/mol. The van der Waals surface area contributed by atoms with Crippen molar-refractivity contribution in [3.63, 3.8) is 0 Å². The van der Waals surface area contributed by atoms with Crippen LogP contribution in [0.5, 0.6) is 0 Å². The highest BCUT2D eigenvalue weighted by molar-refractivity contribution is 8.22. The van der Waals surface area contributed by atoms with Crippen LogP contribution in [0.25, 0.3) is 72.5 Å². The highest BCUT2D eigenvalue weighted by Crippen LogP contribution is 2.61. The fourth-order valence-electron chi connectivity index (χ4n) is 8.35. The molecular weight excluding hydrogens is 746 g/mol. The molecular formula is C51H34N5PS. The lowest BCUT2D eigenvalue weighted by Gasteiger charge is -2.42. The largest absolute Gasteiger partial charge is 0.309 e. The molecule has 11 rings (SSSR count). The predicted octanol–water partition coefficient (Wildman–Crippen LogP) is 12.1. The molecule has 0 fully saturated rings. The van der Waals surface area contributed by atoms with Gasteiger partial charge >= 0.3 is 0 Å². The average Bonchev–Trinajstić information content (AvgIpc) is 3.64. The van der Waals surface area contributed by atoms with E-state index >= 15 is 0 Å². The summed E-state index contributed by atoms with van der Waals surface area (Å²) in [4.78, 5) is 15.6. The quantitative estimate of drug-likeness (QED) is 0.157. The van der Waals surface area contributed by atoms with E-state index in [1.807, 2.05) is 66.7 Å². The minimum absolute atomic E-state index is 0.599. The van der Waals surface area contributed by atoms with Gasteiger partial charge in [-0.3, -0.25) is 0 Å². The van der Waals surface area contributed by atoms with Gasteiger partial charge in [-0.2, -0.15) is 0 Å². The third kappa shape index (κ3) is 5.53. The van der Waals surface area contributed by atoms with Crippen molar-refractivity contribution in [1.29, 1.82) is 0 Å². The number of hydrogen-bond acceptors (Lipinski definition) is 4. The van der Waals surface area contributed by atoms with E-state index in [9.17, 15) is 0 Å². The Morgan fingerprint density at radius 2 is 0.931 bits per heavy atom. The molecule has 8 aromatic carbocycles. The molecule has 10 aromatic rings. The van der Waals surface area contributed by atoms with Crippen LogP contribution in [-0.2, 0) is 11.8 Å². The van der Waals surface area contributed by atoms with Crippen LogP contribution in [0.3, 0.4) is 0 Å². The molecule has 0 radical (unpaired) electrons. The Morgan fingerprint density at radius 3 is 1.62 bits per heavy atom. The van der Waals surface area contributed by atoms with E-state index in [0.717, 1.165) is 55.7 Å². The molecule has 0 N–H and O–H groups in total. The van der Waals surface area contributed by atoms with Gasteiger partial charge in [0.1, 0.15) is 6.19 Å². The molecule has 3 heterocycles. The van der Waals surface area contributed by atoms with E-state index in [1.54, 1.807) is 0 Å². The van der Waals surface area contributed by atoms with Gasteiger partial charge in [0.15, 0.2) is 17.2 Å². The lowest BCUT2D eigenvalue weighted by atomic mass is 9.96. The first-order chi connectivity index (χ1) is 28.6. The molecule has 58 heavy (non-hydrogen) atoms. The summed E-state index contributed by atoms with van der Waals surface area (Å²) in [6, 6.07) is 72.2. The van der Waals surface area contributed by atoms with Crippen LogP contribution in [0.15, 0.2) is 206 Å². The summed E-state index contributed by atoms with van der Waals surface area (Å²) < 4.78 is 4.70. The van der Waals surface area contributed by atoms with Crippen LogP contribution in [0.4, 0.5) is 11.4 Å². The van der Waals surface area contributed by atoms with E-state index in [4.69, 9.17) is 26.8 Å². The van der Waals surface area contributed by atoms with Gasteiger partial charge in [0.05, 0.1) is 16.7 Å². The molecule has 7 heteroatoms. The van der Waals surface area contributed by atoms with Crippen molar-refractivity contribution >= 4 is 62.0 Å². The molecule has 0 saturated heterocycles. The van der Waals surface area contributed by atoms with E-state index in [-0.39, 0.29) is 0 Å². The lowest BCUT2D eigenvalue weighted by Crippen LogP contribution is -2.36. The van der Waals surface area contributed by atoms with Crippen molar-refractivity contribution in [2.75, 3.05) is 4.67 Å². The van der Waals surface area contributed by atoms with Gasteiger partial charge in [0.2, 0.25) is 0 Å². The van der Waals surface area contributed by atoms with Gasteiger partial charge in [-0.25, -0.2) is 15.0 Å². The fraction of sp³-hybridized carbons (Fsp3) is 0. The van der Waals surface area contributed by atoms with Crippen molar-refractivity contribution in [1.82, 2.24) is 19.5 Å². The molecule has 2 aromatic heterocycles. The fourth-order valence-corrected chi connectivity index (χ4v) is 12.4. The minimum Gasteiger partial charge on any atom is -0.309 e. The Kier molecular flexibility index (Phi) is 8.21. The van der Waals surface area contributed by atoms with Crippen molar-refractivity contribution in [3.8, 4) is 50.7 Å². The summed E-state index contributed by atoms with van der Waals surface area (Å²) in [5.74, 6) is 1.20. The molecule has 0 saturated carbocycles.